The van der Waals surface area contributed by atoms with Crippen LogP contribution >= 0.6 is 39.1 Å². The topological polar surface area (TPSA) is 59.1 Å². The second-order valence-electron chi connectivity index (χ2n) is 3.88. The fraction of sp³-hybridized carbons (Fsp3) is 0.0833. The first-order valence-corrected chi connectivity index (χ1v) is 8.46. The van der Waals surface area contributed by atoms with Gasteiger partial charge in [0.05, 0.1) is 10.0 Å². The highest BCUT2D eigenvalue weighted by molar-refractivity contribution is 9.10. The summed E-state index contributed by atoms with van der Waals surface area (Å²) in [5, 5.41) is 0.123. The lowest BCUT2D eigenvalue weighted by Crippen LogP contribution is -2.24. The number of rotatable bonds is 4. The van der Waals surface area contributed by atoms with Crippen LogP contribution in [0.15, 0.2) is 46.0 Å². The molecule has 0 unspecified atom stereocenters. The highest BCUT2D eigenvalue weighted by Crippen LogP contribution is 2.32. The number of sulfonamides is 1. The lowest BCUT2D eigenvalue weighted by Gasteiger charge is -2.10. The van der Waals surface area contributed by atoms with Gasteiger partial charge in [0, 0.05) is 23.4 Å². The number of halogens is 3. The minimum atomic E-state index is -3.79. The van der Waals surface area contributed by atoms with E-state index < -0.39 is 10.0 Å². The summed E-state index contributed by atoms with van der Waals surface area (Å²) < 4.78 is 27.6. The van der Waals surface area contributed by atoms with Crippen molar-refractivity contribution in [2.45, 2.75) is 11.4 Å². The quantitative estimate of drug-likeness (QED) is 0.859. The Labute approximate surface area is 135 Å². The Hall–Kier alpha value is -0.660. The van der Waals surface area contributed by atoms with Gasteiger partial charge in [-0.3, -0.25) is 4.98 Å². The Morgan fingerprint density at radius 2 is 1.70 bits per heavy atom. The minimum Gasteiger partial charge on any atom is -0.265 e. The highest BCUT2D eigenvalue weighted by Gasteiger charge is 2.22. The Bertz CT molecular complexity index is 700. The largest absolute Gasteiger partial charge is 0.265 e. The third-order valence-electron chi connectivity index (χ3n) is 2.45. The molecule has 0 saturated heterocycles. The van der Waals surface area contributed by atoms with Crippen molar-refractivity contribution in [2.24, 2.45) is 0 Å². The van der Waals surface area contributed by atoms with Gasteiger partial charge >= 0.3 is 0 Å². The Morgan fingerprint density at radius 3 is 2.25 bits per heavy atom. The van der Waals surface area contributed by atoms with Gasteiger partial charge in [-0.25, -0.2) is 13.1 Å². The summed E-state index contributed by atoms with van der Waals surface area (Å²) in [5.41, 5.74) is 0.785. The first kappa shape index (κ1) is 15.7. The Morgan fingerprint density at radius 1 is 1.15 bits per heavy atom. The van der Waals surface area contributed by atoms with Gasteiger partial charge in [-0.15, -0.1) is 0 Å². The molecule has 1 aromatic heterocycles. The minimum absolute atomic E-state index is 0.0617. The molecule has 0 fully saturated rings. The van der Waals surface area contributed by atoms with Crippen LogP contribution in [0.4, 0.5) is 0 Å². The normalized spacial score (nSPS) is 11.6. The van der Waals surface area contributed by atoms with Gasteiger partial charge in [-0.05, 0) is 29.8 Å². The van der Waals surface area contributed by atoms with Crippen LogP contribution in [0.3, 0.4) is 0 Å². The van der Waals surface area contributed by atoms with Crippen molar-refractivity contribution in [1.82, 2.24) is 9.71 Å². The van der Waals surface area contributed by atoms with E-state index in [4.69, 9.17) is 23.2 Å². The first-order chi connectivity index (χ1) is 9.40. The summed E-state index contributed by atoms with van der Waals surface area (Å²) in [6.07, 6.45) is 3.17. The van der Waals surface area contributed by atoms with E-state index in [1.54, 1.807) is 24.5 Å². The fourth-order valence-corrected chi connectivity index (χ4v) is 4.49. The molecule has 8 heteroatoms. The standard InChI is InChI=1S/C12H9BrCl2N2O2S/c13-9-5-10(14)12(11(15)6-9)20(18,19)17-7-8-1-3-16-4-2-8/h1-6,17H,7H2. The molecular formula is C12H9BrCl2N2O2S. The zero-order chi connectivity index (χ0) is 14.8. The maximum atomic E-state index is 12.2. The Balaban J connectivity index is 2.28. The molecule has 106 valence electrons. The molecule has 1 N–H and O–H groups in total. The maximum Gasteiger partial charge on any atom is 0.243 e. The van der Waals surface area contributed by atoms with Gasteiger partial charge in [0.25, 0.3) is 0 Å². The second-order valence-corrected chi connectivity index (χ2v) is 7.31. The number of hydrogen-bond acceptors (Lipinski definition) is 3. The monoisotopic (exact) mass is 394 g/mol. The van der Waals surface area contributed by atoms with Crippen LogP contribution in [0.5, 0.6) is 0 Å². The van der Waals surface area contributed by atoms with Crippen LogP contribution in [-0.4, -0.2) is 13.4 Å². The number of nitrogens with zero attached hydrogens (tertiary/aromatic N) is 1. The zero-order valence-corrected chi connectivity index (χ0v) is 13.9. The molecule has 0 atom stereocenters. The zero-order valence-electron chi connectivity index (χ0n) is 9.98. The molecule has 2 aromatic rings. The molecule has 20 heavy (non-hydrogen) atoms. The van der Waals surface area contributed by atoms with Crippen LogP contribution in [-0.2, 0) is 16.6 Å². The van der Waals surface area contributed by atoms with Gasteiger partial charge in [-0.1, -0.05) is 39.1 Å². The molecule has 1 heterocycles. The lowest BCUT2D eigenvalue weighted by molar-refractivity contribution is 0.581. The molecule has 0 saturated carbocycles. The molecule has 0 bridgehead atoms. The van der Waals surface area contributed by atoms with E-state index >= 15 is 0 Å². The van der Waals surface area contributed by atoms with Crippen molar-refractivity contribution < 1.29 is 8.42 Å². The molecule has 0 spiro atoms. The molecule has 2 rings (SSSR count). The summed E-state index contributed by atoms with van der Waals surface area (Å²) >= 11 is 15.1. The lowest BCUT2D eigenvalue weighted by atomic mass is 10.3. The van der Waals surface area contributed by atoms with Crippen molar-refractivity contribution in [1.29, 1.82) is 0 Å². The van der Waals surface area contributed by atoms with E-state index in [-0.39, 0.29) is 21.5 Å². The van der Waals surface area contributed by atoms with Crippen molar-refractivity contribution >= 4 is 49.2 Å². The molecule has 0 aliphatic rings. The number of hydrogen-bond donors (Lipinski definition) is 1. The van der Waals surface area contributed by atoms with E-state index in [1.165, 1.54) is 12.1 Å². The predicted molar refractivity (Wildman–Crippen MR) is 82.4 cm³/mol. The predicted octanol–water partition coefficient (Wildman–Crippen LogP) is 3.63. The summed E-state index contributed by atoms with van der Waals surface area (Å²) in [6, 6.07) is 6.39. The SMILES string of the molecule is O=S(=O)(NCc1ccncc1)c1c(Cl)cc(Br)cc1Cl. The Kier molecular flexibility index (Phi) is 5.04. The van der Waals surface area contributed by atoms with Gasteiger partial charge in [0.15, 0.2) is 0 Å². The summed E-state index contributed by atoms with van der Waals surface area (Å²) in [6.45, 7) is 0.133. The average Bonchev–Trinajstić information content (AvgIpc) is 2.36. The number of benzene rings is 1. The van der Waals surface area contributed by atoms with Crippen LogP contribution in [0.25, 0.3) is 0 Å². The van der Waals surface area contributed by atoms with E-state index in [9.17, 15) is 8.42 Å². The number of nitrogens with one attached hydrogen (secondary N) is 1. The van der Waals surface area contributed by atoms with E-state index in [0.717, 1.165) is 5.56 Å². The van der Waals surface area contributed by atoms with Gasteiger partial charge < -0.3 is 0 Å². The van der Waals surface area contributed by atoms with Crippen molar-refractivity contribution in [3.05, 3.63) is 56.7 Å². The molecule has 0 radical (unpaired) electrons. The van der Waals surface area contributed by atoms with Crippen LogP contribution in [0.1, 0.15) is 5.56 Å². The summed E-state index contributed by atoms with van der Waals surface area (Å²) in [5.74, 6) is 0. The van der Waals surface area contributed by atoms with Gasteiger partial charge in [0.1, 0.15) is 4.90 Å². The molecule has 0 aliphatic carbocycles. The van der Waals surface area contributed by atoms with Crippen LogP contribution in [0, 0.1) is 0 Å². The second kappa shape index (κ2) is 6.41. The fourth-order valence-electron chi connectivity index (χ4n) is 1.54. The van der Waals surface area contributed by atoms with E-state index in [1.807, 2.05) is 0 Å². The number of aromatic nitrogens is 1. The maximum absolute atomic E-state index is 12.2. The van der Waals surface area contributed by atoms with Crippen molar-refractivity contribution in [2.75, 3.05) is 0 Å². The molecule has 0 amide bonds. The average molecular weight is 396 g/mol. The van der Waals surface area contributed by atoms with Gasteiger partial charge in [0.2, 0.25) is 10.0 Å². The summed E-state index contributed by atoms with van der Waals surface area (Å²) in [4.78, 5) is 3.73. The van der Waals surface area contributed by atoms with Crippen molar-refractivity contribution in [3.8, 4) is 0 Å². The highest BCUT2D eigenvalue weighted by atomic mass is 79.9. The molecule has 0 aliphatic heterocycles. The van der Waals surface area contributed by atoms with Crippen LogP contribution in [0.2, 0.25) is 10.0 Å². The third kappa shape index (κ3) is 3.71. The molecule has 4 nitrogen and oxygen atoms in total. The van der Waals surface area contributed by atoms with Gasteiger partial charge in [-0.2, -0.15) is 0 Å². The first-order valence-electron chi connectivity index (χ1n) is 5.43. The van der Waals surface area contributed by atoms with E-state index in [0.29, 0.717) is 4.47 Å². The van der Waals surface area contributed by atoms with E-state index in [2.05, 4.69) is 25.6 Å². The number of pyridine rings is 1. The van der Waals surface area contributed by atoms with Crippen molar-refractivity contribution in [3.63, 3.8) is 0 Å². The smallest absolute Gasteiger partial charge is 0.243 e. The molecule has 1 aromatic carbocycles. The van der Waals surface area contributed by atoms with Crippen LogP contribution < -0.4 is 4.72 Å². The third-order valence-corrected chi connectivity index (χ3v) is 5.23. The molecular weight excluding hydrogens is 387 g/mol. The summed E-state index contributed by atoms with van der Waals surface area (Å²) in [7, 11) is -3.79.